The highest BCUT2D eigenvalue weighted by molar-refractivity contribution is 6.35. The minimum absolute atomic E-state index is 0.453. The van der Waals surface area contributed by atoms with Gasteiger partial charge in [-0.25, -0.2) is 0 Å². The van der Waals surface area contributed by atoms with Crippen LogP contribution in [0.2, 0.25) is 5.02 Å². The van der Waals surface area contributed by atoms with E-state index in [1.807, 2.05) is 6.07 Å². The van der Waals surface area contributed by atoms with E-state index in [-0.39, 0.29) is 0 Å². The number of aromatic nitrogens is 1. The molecule has 1 saturated carbocycles. The van der Waals surface area contributed by atoms with Crippen LogP contribution in [0.1, 0.15) is 57.9 Å². The lowest BCUT2D eigenvalue weighted by Crippen LogP contribution is -2.25. The van der Waals surface area contributed by atoms with Crippen LogP contribution in [-0.2, 0) is 0 Å². The van der Waals surface area contributed by atoms with E-state index in [1.165, 1.54) is 36.6 Å². The first-order valence-corrected chi connectivity index (χ1v) is 8.10. The highest BCUT2D eigenvalue weighted by Crippen LogP contribution is 2.44. The Morgan fingerprint density at radius 3 is 2.45 bits per heavy atom. The SMILES string of the molecule is CC(C)(C)C1CCC(c2c[nH]c3c(Cl)cccc23)CC1. The molecule has 1 aliphatic carbocycles. The van der Waals surface area contributed by atoms with Crippen molar-refractivity contribution in [3.05, 3.63) is 35.0 Å². The quantitative estimate of drug-likeness (QED) is 0.649. The van der Waals surface area contributed by atoms with Crippen LogP contribution in [0.3, 0.4) is 0 Å². The van der Waals surface area contributed by atoms with E-state index in [1.54, 1.807) is 0 Å². The molecule has 108 valence electrons. The number of benzene rings is 1. The number of hydrogen-bond acceptors (Lipinski definition) is 0. The lowest BCUT2D eigenvalue weighted by Gasteiger charge is -2.37. The molecule has 1 aromatic carbocycles. The highest BCUT2D eigenvalue weighted by atomic mass is 35.5. The van der Waals surface area contributed by atoms with E-state index in [9.17, 15) is 0 Å². The maximum atomic E-state index is 6.26. The molecule has 0 atom stereocenters. The van der Waals surface area contributed by atoms with Gasteiger partial charge in [0.25, 0.3) is 0 Å². The summed E-state index contributed by atoms with van der Waals surface area (Å²) >= 11 is 6.26. The molecule has 0 radical (unpaired) electrons. The zero-order valence-corrected chi connectivity index (χ0v) is 13.4. The van der Waals surface area contributed by atoms with Gasteiger partial charge < -0.3 is 4.98 Å². The van der Waals surface area contributed by atoms with Crippen molar-refractivity contribution in [2.24, 2.45) is 11.3 Å². The van der Waals surface area contributed by atoms with Crippen molar-refractivity contribution in [2.75, 3.05) is 0 Å². The van der Waals surface area contributed by atoms with Gasteiger partial charge in [-0.1, -0.05) is 44.5 Å². The lowest BCUT2D eigenvalue weighted by molar-refractivity contribution is 0.169. The van der Waals surface area contributed by atoms with Crippen molar-refractivity contribution in [2.45, 2.75) is 52.4 Å². The minimum atomic E-state index is 0.453. The summed E-state index contributed by atoms with van der Waals surface area (Å²) in [5.41, 5.74) is 3.02. The van der Waals surface area contributed by atoms with Crippen molar-refractivity contribution in [3.8, 4) is 0 Å². The molecule has 1 aromatic heterocycles. The van der Waals surface area contributed by atoms with E-state index >= 15 is 0 Å². The van der Waals surface area contributed by atoms with Crippen LogP contribution in [0, 0.1) is 11.3 Å². The average Bonchev–Trinajstić information content (AvgIpc) is 2.83. The maximum absolute atomic E-state index is 6.26. The van der Waals surface area contributed by atoms with Crippen molar-refractivity contribution in [1.82, 2.24) is 4.98 Å². The maximum Gasteiger partial charge on any atom is 0.0647 e. The summed E-state index contributed by atoms with van der Waals surface area (Å²) in [6, 6.07) is 6.21. The Bertz CT molecular complexity index is 597. The van der Waals surface area contributed by atoms with E-state index in [4.69, 9.17) is 11.6 Å². The normalized spacial score (nSPS) is 24.2. The Labute approximate surface area is 126 Å². The van der Waals surface area contributed by atoms with Gasteiger partial charge in [0, 0.05) is 11.6 Å². The smallest absolute Gasteiger partial charge is 0.0647 e. The number of hydrogen-bond donors (Lipinski definition) is 1. The predicted molar refractivity (Wildman–Crippen MR) is 87.5 cm³/mol. The first kappa shape index (κ1) is 14.0. The number of halogens is 1. The van der Waals surface area contributed by atoms with Crippen molar-refractivity contribution >= 4 is 22.5 Å². The van der Waals surface area contributed by atoms with Gasteiger partial charge in [-0.3, -0.25) is 0 Å². The molecule has 0 bridgehead atoms. The molecule has 0 amide bonds. The summed E-state index contributed by atoms with van der Waals surface area (Å²) in [6.45, 7) is 7.14. The molecule has 1 aliphatic rings. The van der Waals surface area contributed by atoms with Gasteiger partial charge in [0.05, 0.1) is 10.5 Å². The molecule has 0 unspecified atom stereocenters. The summed E-state index contributed by atoms with van der Waals surface area (Å²) in [6.07, 6.45) is 7.49. The highest BCUT2D eigenvalue weighted by Gasteiger charge is 2.31. The zero-order valence-electron chi connectivity index (χ0n) is 12.7. The Morgan fingerprint density at radius 1 is 1.10 bits per heavy atom. The number of rotatable bonds is 1. The number of H-pyrrole nitrogens is 1. The fourth-order valence-corrected chi connectivity index (χ4v) is 3.98. The first-order valence-electron chi connectivity index (χ1n) is 7.72. The van der Waals surface area contributed by atoms with Crippen LogP contribution in [0.4, 0.5) is 0 Å². The standard InChI is InChI=1S/C18H24ClN/c1-18(2,3)13-9-7-12(8-10-13)15-11-20-17-14(15)5-4-6-16(17)19/h4-6,11-13,20H,7-10H2,1-3H3. The third-order valence-electron chi connectivity index (χ3n) is 5.09. The molecule has 1 fully saturated rings. The molecule has 1 nitrogen and oxygen atoms in total. The van der Waals surface area contributed by atoms with Crippen LogP contribution in [0.25, 0.3) is 10.9 Å². The van der Waals surface area contributed by atoms with Gasteiger partial charge >= 0.3 is 0 Å². The fourth-order valence-electron chi connectivity index (χ4n) is 3.75. The number of para-hydroxylation sites is 1. The first-order chi connectivity index (χ1) is 9.47. The summed E-state index contributed by atoms with van der Waals surface area (Å²) in [4.78, 5) is 3.36. The van der Waals surface area contributed by atoms with Crippen LogP contribution in [0.15, 0.2) is 24.4 Å². The van der Waals surface area contributed by atoms with Crippen molar-refractivity contribution in [3.63, 3.8) is 0 Å². The van der Waals surface area contributed by atoms with Gasteiger partial charge in [-0.15, -0.1) is 0 Å². The van der Waals surface area contributed by atoms with E-state index in [0.717, 1.165) is 16.5 Å². The summed E-state index contributed by atoms with van der Waals surface area (Å²) < 4.78 is 0. The van der Waals surface area contributed by atoms with Gasteiger partial charge in [0.15, 0.2) is 0 Å². The lowest BCUT2D eigenvalue weighted by atomic mass is 9.69. The van der Waals surface area contributed by atoms with Gasteiger partial charge in [-0.2, -0.15) is 0 Å². The third-order valence-corrected chi connectivity index (χ3v) is 5.40. The molecular weight excluding hydrogens is 266 g/mol. The van der Waals surface area contributed by atoms with Crippen LogP contribution < -0.4 is 0 Å². The second-order valence-corrected chi connectivity index (χ2v) is 7.73. The molecule has 2 aromatic rings. The second kappa shape index (κ2) is 5.11. The topological polar surface area (TPSA) is 15.8 Å². The van der Waals surface area contributed by atoms with Crippen molar-refractivity contribution < 1.29 is 0 Å². The van der Waals surface area contributed by atoms with E-state index < -0.39 is 0 Å². The Kier molecular flexibility index (Phi) is 3.58. The molecule has 0 spiro atoms. The van der Waals surface area contributed by atoms with Crippen LogP contribution in [-0.4, -0.2) is 4.98 Å². The minimum Gasteiger partial charge on any atom is -0.360 e. The number of fused-ring (bicyclic) bond motifs is 1. The van der Waals surface area contributed by atoms with Gasteiger partial charge in [0.2, 0.25) is 0 Å². The second-order valence-electron chi connectivity index (χ2n) is 7.32. The summed E-state index contributed by atoms with van der Waals surface area (Å²) in [5, 5.41) is 2.15. The molecule has 3 rings (SSSR count). The molecule has 1 heterocycles. The molecule has 0 aliphatic heterocycles. The molecule has 20 heavy (non-hydrogen) atoms. The molecule has 0 saturated heterocycles. The molecule has 2 heteroatoms. The van der Waals surface area contributed by atoms with E-state index in [2.05, 4.69) is 44.1 Å². The van der Waals surface area contributed by atoms with E-state index in [0.29, 0.717) is 11.3 Å². The van der Waals surface area contributed by atoms with Crippen LogP contribution >= 0.6 is 11.6 Å². The third kappa shape index (κ3) is 2.48. The summed E-state index contributed by atoms with van der Waals surface area (Å²) in [5.74, 6) is 1.56. The van der Waals surface area contributed by atoms with Gasteiger partial charge in [0.1, 0.15) is 0 Å². The van der Waals surface area contributed by atoms with Crippen LogP contribution in [0.5, 0.6) is 0 Å². The largest absolute Gasteiger partial charge is 0.360 e. The number of aromatic amines is 1. The Hall–Kier alpha value is -0.950. The fraction of sp³-hybridized carbons (Fsp3) is 0.556. The monoisotopic (exact) mass is 289 g/mol. The zero-order chi connectivity index (χ0) is 14.3. The average molecular weight is 290 g/mol. The Balaban J connectivity index is 1.82. The number of nitrogens with one attached hydrogen (secondary N) is 1. The summed E-state index contributed by atoms with van der Waals surface area (Å²) in [7, 11) is 0. The van der Waals surface area contributed by atoms with Gasteiger partial charge in [-0.05, 0) is 54.6 Å². The van der Waals surface area contributed by atoms with Crippen molar-refractivity contribution in [1.29, 1.82) is 0 Å². The predicted octanol–water partition coefficient (Wildman–Crippen LogP) is 6.14. The molecule has 1 N–H and O–H groups in total. The molecular formula is C18H24ClN. The Morgan fingerprint density at radius 2 is 1.80 bits per heavy atom.